The van der Waals surface area contributed by atoms with Gasteiger partial charge in [0.05, 0.1) is 7.11 Å². The summed E-state index contributed by atoms with van der Waals surface area (Å²) in [6.45, 7) is 0. The van der Waals surface area contributed by atoms with Crippen LogP contribution in [-0.2, 0) is 4.74 Å². The van der Waals surface area contributed by atoms with Crippen LogP contribution in [-0.4, -0.2) is 18.2 Å². The maximum absolute atomic E-state index is 11.5. The lowest BCUT2D eigenvalue weighted by atomic mass is 10.1. The Labute approximate surface area is 106 Å². The largest absolute Gasteiger partial charge is 0.508 e. The van der Waals surface area contributed by atoms with Gasteiger partial charge in [0.2, 0.25) is 0 Å². The minimum absolute atomic E-state index is 0.152. The molecule has 0 spiro atoms. The molecule has 4 nitrogen and oxygen atoms in total. The van der Waals surface area contributed by atoms with Crippen LogP contribution in [0.5, 0.6) is 5.75 Å². The van der Waals surface area contributed by atoms with Crippen molar-refractivity contribution in [3.63, 3.8) is 0 Å². The highest BCUT2D eigenvalue weighted by molar-refractivity contribution is 9.10. The number of phenolic OH excluding ortho intramolecular Hbond substituents is 1. The number of carbonyl (C=O) groups excluding carboxylic acids is 1. The van der Waals surface area contributed by atoms with Gasteiger partial charge in [-0.3, -0.25) is 0 Å². The average molecular weight is 297 g/mol. The predicted molar refractivity (Wildman–Crippen MR) is 64.8 cm³/mol. The monoisotopic (exact) mass is 296 g/mol. The number of phenols is 1. The van der Waals surface area contributed by atoms with Crippen LogP contribution in [0.1, 0.15) is 10.4 Å². The second kappa shape index (κ2) is 4.63. The van der Waals surface area contributed by atoms with Gasteiger partial charge in [-0.15, -0.1) is 0 Å². The molecule has 2 aromatic rings. The lowest BCUT2D eigenvalue weighted by molar-refractivity contribution is 0.0601. The summed E-state index contributed by atoms with van der Waals surface area (Å²) in [5.41, 5.74) is 1.03. The number of rotatable bonds is 2. The van der Waals surface area contributed by atoms with Gasteiger partial charge in [0.25, 0.3) is 0 Å². The second-order valence-corrected chi connectivity index (χ2v) is 4.11. The molecule has 1 heterocycles. The van der Waals surface area contributed by atoms with Gasteiger partial charge in [0.15, 0.2) is 4.67 Å². The molecule has 0 amide bonds. The van der Waals surface area contributed by atoms with Crippen molar-refractivity contribution in [2.45, 2.75) is 0 Å². The quantitative estimate of drug-likeness (QED) is 0.865. The Morgan fingerprint density at radius 1 is 1.35 bits per heavy atom. The summed E-state index contributed by atoms with van der Waals surface area (Å²) in [6.07, 6.45) is 0. The number of methoxy groups -OCH3 is 1. The second-order valence-electron chi connectivity index (χ2n) is 3.33. The van der Waals surface area contributed by atoms with Gasteiger partial charge < -0.3 is 14.3 Å². The molecule has 0 fully saturated rings. The number of halogens is 1. The summed E-state index contributed by atoms with van der Waals surface area (Å²) in [5, 5.41) is 9.20. The van der Waals surface area contributed by atoms with Crippen molar-refractivity contribution in [2.24, 2.45) is 0 Å². The van der Waals surface area contributed by atoms with Crippen molar-refractivity contribution in [1.29, 1.82) is 0 Å². The average Bonchev–Trinajstić information content (AvgIpc) is 2.71. The summed E-state index contributed by atoms with van der Waals surface area (Å²) in [4.78, 5) is 11.5. The number of benzene rings is 1. The van der Waals surface area contributed by atoms with Crippen molar-refractivity contribution >= 4 is 21.9 Å². The molecule has 1 N–H and O–H groups in total. The fourth-order valence-electron chi connectivity index (χ4n) is 1.45. The zero-order valence-electron chi connectivity index (χ0n) is 8.94. The Hall–Kier alpha value is -1.75. The van der Waals surface area contributed by atoms with E-state index >= 15 is 0 Å². The van der Waals surface area contributed by atoms with Crippen LogP contribution in [0.15, 0.2) is 39.4 Å². The predicted octanol–water partition coefficient (Wildman–Crippen LogP) is 3.20. The van der Waals surface area contributed by atoms with E-state index in [0.29, 0.717) is 21.6 Å². The Bertz CT molecular complexity index is 542. The molecule has 0 atom stereocenters. The van der Waals surface area contributed by atoms with Crippen LogP contribution in [0.25, 0.3) is 11.3 Å². The molecule has 2 rings (SSSR count). The molecule has 1 aromatic carbocycles. The number of carbonyl (C=O) groups is 1. The van der Waals surface area contributed by atoms with Gasteiger partial charge in [-0.2, -0.15) is 0 Å². The highest BCUT2D eigenvalue weighted by atomic mass is 79.9. The Morgan fingerprint density at radius 3 is 2.59 bits per heavy atom. The molecule has 88 valence electrons. The van der Waals surface area contributed by atoms with E-state index < -0.39 is 5.97 Å². The molecule has 17 heavy (non-hydrogen) atoms. The maximum Gasteiger partial charge on any atom is 0.341 e. The van der Waals surface area contributed by atoms with E-state index in [4.69, 9.17) is 4.42 Å². The minimum Gasteiger partial charge on any atom is -0.508 e. The molecule has 0 aliphatic heterocycles. The van der Waals surface area contributed by atoms with E-state index in [2.05, 4.69) is 20.7 Å². The van der Waals surface area contributed by atoms with Crippen LogP contribution in [0.4, 0.5) is 0 Å². The van der Waals surface area contributed by atoms with Crippen molar-refractivity contribution in [3.05, 3.63) is 40.6 Å². The van der Waals surface area contributed by atoms with Gasteiger partial charge in [0.1, 0.15) is 17.1 Å². The molecule has 0 aliphatic carbocycles. The zero-order chi connectivity index (χ0) is 12.4. The summed E-state index contributed by atoms with van der Waals surface area (Å²) >= 11 is 3.17. The summed E-state index contributed by atoms with van der Waals surface area (Å²) in [7, 11) is 1.31. The van der Waals surface area contributed by atoms with E-state index in [1.165, 1.54) is 19.2 Å². The fourth-order valence-corrected chi connectivity index (χ4v) is 1.84. The van der Waals surface area contributed by atoms with Gasteiger partial charge in [-0.1, -0.05) is 0 Å². The molecular formula is C12H9BrO4. The Balaban J connectivity index is 2.51. The first kappa shape index (κ1) is 11.7. The van der Waals surface area contributed by atoms with E-state index in [1.54, 1.807) is 18.2 Å². The van der Waals surface area contributed by atoms with Crippen LogP contribution in [0, 0.1) is 0 Å². The normalized spacial score (nSPS) is 10.2. The van der Waals surface area contributed by atoms with E-state index in [0.717, 1.165) is 0 Å². The molecule has 5 heteroatoms. The molecule has 0 unspecified atom stereocenters. The van der Waals surface area contributed by atoms with Crippen molar-refractivity contribution in [3.8, 4) is 17.1 Å². The van der Waals surface area contributed by atoms with Crippen molar-refractivity contribution < 1.29 is 19.1 Å². The number of aromatic hydroxyl groups is 1. The molecule has 0 aliphatic rings. The van der Waals surface area contributed by atoms with E-state index in [9.17, 15) is 9.90 Å². The van der Waals surface area contributed by atoms with E-state index in [-0.39, 0.29) is 5.75 Å². The van der Waals surface area contributed by atoms with Gasteiger partial charge in [0, 0.05) is 11.6 Å². The fraction of sp³-hybridized carbons (Fsp3) is 0.0833. The summed E-state index contributed by atoms with van der Waals surface area (Å²) in [5.74, 6) is 0.0882. The Kier molecular flexibility index (Phi) is 3.19. The SMILES string of the molecule is COC(=O)c1cc(Br)oc1-c1ccc(O)cc1. The number of hydrogen-bond donors (Lipinski definition) is 1. The third-order valence-corrected chi connectivity index (χ3v) is 2.63. The molecule has 0 saturated carbocycles. The molecule has 0 bridgehead atoms. The van der Waals surface area contributed by atoms with Crippen molar-refractivity contribution in [2.75, 3.05) is 7.11 Å². The van der Waals surface area contributed by atoms with Crippen LogP contribution in [0.2, 0.25) is 0 Å². The van der Waals surface area contributed by atoms with Crippen LogP contribution in [0.3, 0.4) is 0 Å². The smallest absolute Gasteiger partial charge is 0.341 e. The maximum atomic E-state index is 11.5. The first-order valence-electron chi connectivity index (χ1n) is 4.79. The summed E-state index contributed by atoms with van der Waals surface area (Å²) < 4.78 is 10.5. The first-order chi connectivity index (χ1) is 8.11. The Morgan fingerprint density at radius 2 is 2.00 bits per heavy atom. The molecular weight excluding hydrogens is 288 g/mol. The first-order valence-corrected chi connectivity index (χ1v) is 5.58. The number of hydrogen-bond acceptors (Lipinski definition) is 4. The van der Waals surface area contributed by atoms with Crippen LogP contribution < -0.4 is 0 Å². The van der Waals surface area contributed by atoms with Crippen LogP contribution >= 0.6 is 15.9 Å². The zero-order valence-corrected chi connectivity index (χ0v) is 10.5. The summed E-state index contributed by atoms with van der Waals surface area (Å²) in [6, 6.07) is 7.91. The number of ether oxygens (including phenoxy) is 1. The number of furan rings is 1. The highest BCUT2D eigenvalue weighted by Gasteiger charge is 2.19. The van der Waals surface area contributed by atoms with Gasteiger partial charge in [-0.05, 0) is 40.2 Å². The number of esters is 1. The standard InChI is InChI=1S/C12H9BrO4/c1-16-12(15)9-6-10(13)17-11(9)7-2-4-8(14)5-3-7/h2-6,14H,1H3. The van der Waals surface area contributed by atoms with Crippen molar-refractivity contribution in [1.82, 2.24) is 0 Å². The lowest BCUT2D eigenvalue weighted by Crippen LogP contribution is -2.00. The van der Waals surface area contributed by atoms with Gasteiger partial charge in [-0.25, -0.2) is 4.79 Å². The third-order valence-electron chi connectivity index (χ3n) is 2.24. The van der Waals surface area contributed by atoms with E-state index in [1.807, 2.05) is 0 Å². The molecule has 0 saturated heterocycles. The lowest BCUT2D eigenvalue weighted by Gasteiger charge is -2.01. The highest BCUT2D eigenvalue weighted by Crippen LogP contribution is 2.31. The minimum atomic E-state index is -0.470. The topological polar surface area (TPSA) is 59.7 Å². The third kappa shape index (κ3) is 2.34. The van der Waals surface area contributed by atoms with Gasteiger partial charge >= 0.3 is 5.97 Å². The molecule has 0 radical (unpaired) electrons. The molecule has 1 aromatic heterocycles.